The van der Waals surface area contributed by atoms with E-state index in [4.69, 9.17) is 4.74 Å². The van der Waals surface area contributed by atoms with Crippen LogP contribution in [-0.2, 0) is 4.74 Å². The third-order valence-electron chi connectivity index (χ3n) is 5.18. The molecule has 0 aromatic heterocycles. The van der Waals surface area contributed by atoms with Crippen LogP contribution in [-0.4, -0.2) is 36.5 Å². The molecule has 1 saturated carbocycles. The molecule has 0 saturated heterocycles. The van der Waals surface area contributed by atoms with Gasteiger partial charge in [0.25, 0.3) is 0 Å². The van der Waals surface area contributed by atoms with Gasteiger partial charge in [-0.05, 0) is 70.3 Å². The highest BCUT2D eigenvalue weighted by molar-refractivity contribution is 4.82. The molecule has 0 bridgehead atoms. The summed E-state index contributed by atoms with van der Waals surface area (Å²) >= 11 is 0. The van der Waals surface area contributed by atoms with Gasteiger partial charge < -0.3 is 15.2 Å². The molecule has 0 aromatic rings. The molecule has 4 unspecified atom stereocenters. The molecule has 1 aliphatic carbocycles. The van der Waals surface area contributed by atoms with Gasteiger partial charge in [-0.25, -0.2) is 0 Å². The summed E-state index contributed by atoms with van der Waals surface area (Å²) in [5, 5.41) is 13.0. The second-order valence-corrected chi connectivity index (χ2v) is 7.36. The highest BCUT2D eigenvalue weighted by Gasteiger charge is 2.25. The number of aliphatic hydroxyl groups excluding tert-OH is 1. The van der Waals surface area contributed by atoms with Gasteiger partial charge in [-0.15, -0.1) is 0 Å². The van der Waals surface area contributed by atoms with Gasteiger partial charge in [-0.1, -0.05) is 20.8 Å². The Hall–Kier alpha value is -0.120. The van der Waals surface area contributed by atoms with E-state index in [-0.39, 0.29) is 12.1 Å². The van der Waals surface area contributed by atoms with Crippen LogP contribution in [0, 0.1) is 11.8 Å². The van der Waals surface area contributed by atoms with Crippen molar-refractivity contribution in [2.75, 3.05) is 19.8 Å². The first-order valence-electron chi connectivity index (χ1n) is 8.98. The Morgan fingerprint density at radius 3 is 2.57 bits per heavy atom. The number of nitrogens with one attached hydrogen (secondary N) is 1. The first-order chi connectivity index (χ1) is 10.0. The molecule has 0 spiro atoms. The zero-order chi connectivity index (χ0) is 15.7. The fourth-order valence-electron chi connectivity index (χ4n) is 3.17. The van der Waals surface area contributed by atoms with Crippen LogP contribution in [0.3, 0.4) is 0 Å². The van der Waals surface area contributed by atoms with Crippen LogP contribution >= 0.6 is 0 Å². The zero-order valence-corrected chi connectivity index (χ0v) is 14.7. The normalized spacial score (nSPS) is 29.3. The lowest BCUT2D eigenvalue weighted by Crippen LogP contribution is -2.46. The van der Waals surface area contributed by atoms with Crippen LogP contribution in [0.5, 0.6) is 0 Å². The first kappa shape index (κ1) is 18.9. The largest absolute Gasteiger partial charge is 0.394 e. The van der Waals surface area contributed by atoms with Crippen molar-refractivity contribution in [2.45, 2.75) is 84.3 Å². The van der Waals surface area contributed by atoms with Crippen LogP contribution in [0.25, 0.3) is 0 Å². The molecule has 126 valence electrons. The molecular formula is C18H37NO2. The van der Waals surface area contributed by atoms with E-state index < -0.39 is 0 Å². The Bertz CT molecular complexity index is 272. The number of aliphatic hydroxyl groups is 1. The van der Waals surface area contributed by atoms with Gasteiger partial charge in [-0.2, -0.15) is 0 Å². The number of hydrogen-bond acceptors (Lipinski definition) is 3. The maximum atomic E-state index is 9.53. The Labute approximate surface area is 131 Å². The van der Waals surface area contributed by atoms with Crippen molar-refractivity contribution in [1.29, 1.82) is 0 Å². The molecule has 0 heterocycles. The summed E-state index contributed by atoms with van der Waals surface area (Å²) in [6, 6.07) is 0. The number of rotatable bonds is 10. The van der Waals surface area contributed by atoms with Gasteiger partial charge in [0, 0.05) is 12.1 Å². The molecule has 21 heavy (non-hydrogen) atoms. The average molecular weight is 299 g/mol. The molecular weight excluding hydrogens is 262 g/mol. The topological polar surface area (TPSA) is 41.5 Å². The van der Waals surface area contributed by atoms with Crippen LogP contribution in [0.1, 0.15) is 72.6 Å². The van der Waals surface area contributed by atoms with E-state index >= 15 is 0 Å². The monoisotopic (exact) mass is 299 g/mol. The van der Waals surface area contributed by atoms with Gasteiger partial charge in [0.15, 0.2) is 0 Å². The lowest BCUT2D eigenvalue weighted by Gasteiger charge is -2.32. The molecule has 0 aliphatic heterocycles. The molecule has 1 aliphatic rings. The third-order valence-corrected chi connectivity index (χ3v) is 5.18. The Morgan fingerprint density at radius 1 is 1.19 bits per heavy atom. The van der Waals surface area contributed by atoms with Crippen LogP contribution in [0.4, 0.5) is 0 Å². The smallest absolute Gasteiger partial charge is 0.0610 e. The van der Waals surface area contributed by atoms with E-state index in [0.717, 1.165) is 50.7 Å². The molecule has 2 N–H and O–H groups in total. The van der Waals surface area contributed by atoms with Crippen molar-refractivity contribution in [3.05, 3.63) is 0 Å². The van der Waals surface area contributed by atoms with Gasteiger partial charge >= 0.3 is 0 Å². The van der Waals surface area contributed by atoms with E-state index in [1.54, 1.807) is 0 Å². The van der Waals surface area contributed by atoms with Crippen molar-refractivity contribution in [3.8, 4) is 0 Å². The Morgan fingerprint density at radius 2 is 1.95 bits per heavy atom. The maximum absolute atomic E-state index is 9.53. The Kier molecular flexibility index (Phi) is 8.84. The summed E-state index contributed by atoms with van der Waals surface area (Å²) in [7, 11) is 0. The fourth-order valence-corrected chi connectivity index (χ4v) is 3.17. The van der Waals surface area contributed by atoms with Crippen molar-refractivity contribution < 1.29 is 9.84 Å². The summed E-state index contributed by atoms with van der Waals surface area (Å²) in [6.07, 6.45) is 8.61. The molecule has 1 fully saturated rings. The van der Waals surface area contributed by atoms with Gasteiger partial charge in [0.1, 0.15) is 0 Å². The van der Waals surface area contributed by atoms with E-state index in [1.165, 1.54) is 19.3 Å². The minimum absolute atomic E-state index is 0.120. The lowest BCUT2D eigenvalue weighted by molar-refractivity contribution is 0.000258. The van der Waals surface area contributed by atoms with E-state index in [0.29, 0.717) is 6.10 Å². The second-order valence-electron chi connectivity index (χ2n) is 7.36. The molecule has 1 rings (SSSR count). The summed E-state index contributed by atoms with van der Waals surface area (Å²) < 4.78 is 6.05. The average Bonchev–Trinajstić information content (AvgIpc) is 2.48. The molecule has 3 nitrogen and oxygen atoms in total. The van der Waals surface area contributed by atoms with Gasteiger partial charge in [0.2, 0.25) is 0 Å². The van der Waals surface area contributed by atoms with E-state index in [9.17, 15) is 5.11 Å². The van der Waals surface area contributed by atoms with Gasteiger partial charge in [0.05, 0.1) is 12.7 Å². The molecule has 4 atom stereocenters. The number of unbranched alkanes of at least 4 members (excludes halogenated alkanes) is 1. The van der Waals surface area contributed by atoms with Crippen LogP contribution < -0.4 is 5.32 Å². The molecule has 0 aromatic carbocycles. The summed E-state index contributed by atoms with van der Waals surface area (Å²) in [5.74, 6) is 1.67. The number of ether oxygens (including phenoxy) is 1. The van der Waals surface area contributed by atoms with E-state index in [2.05, 4.69) is 33.0 Å². The minimum Gasteiger partial charge on any atom is -0.394 e. The van der Waals surface area contributed by atoms with Crippen molar-refractivity contribution in [1.82, 2.24) is 5.32 Å². The summed E-state index contributed by atoms with van der Waals surface area (Å²) in [6.45, 7) is 11.1. The lowest BCUT2D eigenvalue weighted by atomic mass is 9.80. The zero-order valence-electron chi connectivity index (χ0n) is 14.7. The molecule has 3 heteroatoms. The van der Waals surface area contributed by atoms with Crippen LogP contribution in [0.15, 0.2) is 0 Å². The first-order valence-corrected chi connectivity index (χ1v) is 8.98. The van der Waals surface area contributed by atoms with Crippen LogP contribution in [0.2, 0.25) is 0 Å². The Balaban J connectivity index is 2.11. The third kappa shape index (κ3) is 7.12. The maximum Gasteiger partial charge on any atom is 0.0610 e. The quantitative estimate of drug-likeness (QED) is 0.604. The standard InChI is InChI=1S/C18H37NO2/c1-5-11-19-18(4,14-20)10-6-7-12-21-17-9-8-15(2)16(3)13-17/h15-17,19-20H,5-14H2,1-4H3. The number of hydrogen-bond donors (Lipinski definition) is 2. The fraction of sp³-hybridized carbons (Fsp3) is 1.00. The highest BCUT2D eigenvalue weighted by atomic mass is 16.5. The van der Waals surface area contributed by atoms with Gasteiger partial charge in [-0.3, -0.25) is 0 Å². The summed E-state index contributed by atoms with van der Waals surface area (Å²) in [4.78, 5) is 0. The minimum atomic E-state index is -0.120. The van der Waals surface area contributed by atoms with E-state index in [1.807, 2.05) is 0 Å². The second kappa shape index (κ2) is 9.81. The molecule has 0 radical (unpaired) electrons. The van der Waals surface area contributed by atoms with Crippen molar-refractivity contribution in [3.63, 3.8) is 0 Å². The summed E-state index contributed by atoms with van der Waals surface area (Å²) in [5.41, 5.74) is -0.120. The highest BCUT2D eigenvalue weighted by Crippen LogP contribution is 2.31. The predicted octanol–water partition coefficient (Wildman–Crippen LogP) is 3.75. The SMILES string of the molecule is CCCNC(C)(CO)CCCCOC1CCC(C)C(C)C1. The predicted molar refractivity (Wildman–Crippen MR) is 89.6 cm³/mol. The van der Waals surface area contributed by atoms with Crippen molar-refractivity contribution >= 4 is 0 Å². The van der Waals surface area contributed by atoms with Crippen molar-refractivity contribution in [2.24, 2.45) is 11.8 Å². The molecule has 0 amide bonds.